The van der Waals surface area contributed by atoms with Crippen LogP contribution in [0.25, 0.3) is 0 Å². The lowest BCUT2D eigenvalue weighted by Crippen LogP contribution is -2.27. The van der Waals surface area contributed by atoms with Crippen LogP contribution in [-0.4, -0.2) is 39.2 Å². The second kappa shape index (κ2) is 9.71. The molecule has 31 heavy (non-hydrogen) atoms. The first-order valence-corrected chi connectivity index (χ1v) is 10.3. The third-order valence-corrected chi connectivity index (χ3v) is 5.37. The third kappa shape index (κ3) is 4.75. The number of esters is 1. The van der Waals surface area contributed by atoms with Crippen molar-refractivity contribution in [2.45, 2.75) is 13.3 Å². The molecule has 1 aliphatic heterocycles. The molecular weight excluding hydrogens is 468 g/mol. The van der Waals surface area contributed by atoms with Crippen molar-refractivity contribution in [1.82, 2.24) is 0 Å². The minimum atomic E-state index is -0.680. The van der Waals surface area contributed by atoms with Crippen LogP contribution in [0.5, 0.6) is 23.0 Å². The molecule has 0 aliphatic carbocycles. The molecular formula is C22H21BrN2O6. The summed E-state index contributed by atoms with van der Waals surface area (Å²) in [6, 6.07) is 10.2. The number of benzene rings is 2. The Hall–Kier alpha value is -3.25. The number of hydrogen-bond acceptors (Lipinski definition) is 7. The maximum atomic E-state index is 12.9. The first-order valence-electron chi connectivity index (χ1n) is 9.52. The molecule has 3 rings (SSSR count). The van der Waals surface area contributed by atoms with Crippen LogP contribution in [0.4, 0.5) is 5.69 Å². The molecule has 1 atom stereocenters. The van der Waals surface area contributed by atoms with Gasteiger partial charge in [-0.3, -0.25) is 9.59 Å². The fourth-order valence-electron chi connectivity index (χ4n) is 3.28. The Morgan fingerprint density at radius 3 is 2.65 bits per heavy atom. The SMILES string of the molecule is CCOc1cc(C#N)cc(Br)c1OC(=O)C1CC(=O)N(c2cc(OC)ccc2OC)C1. The zero-order valence-corrected chi connectivity index (χ0v) is 18.9. The average Bonchev–Trinajstić information content (AvgIpc) is 3.16. The van der Waals surface area contributed by atoms with E-state index < -0.39 is 11.9 Å². The molecule has 9 heteroatoms. The first kappa shape index (κ1) is 22.4. The maximum Gasteiger partial charge on any atom is 0.316 e. The Morgan fingerprint density at radius 1 is 1.23 bits per heavy atom. The van der Waals surface area contributed by atoms with Gasteiger partial charge in [0.2, 0.25) is 5.91 Å². The molecule has 0 saturated carbocycles. The number of carbonyl (C=O) groups excluding carboxylic acids is 2. The molecule has 0 bridgehead atoms. The number of rotatable bonds is 7. The van der Waals surface area contributed by atoms with Crippen molar-refractivity contribution in [3.05, 3.63) is 40.4 Å². The highest BCUT2D eigenvalue weighted by atomic mass is 79.9. The van der Waals surface area contributed by atoms with Gasteiger partial charge >= 0.3 is 5.97 Å². The van der Waals surface area contributed by atoms with Gasteiger partial charge in [0.05, 0.1) is 48.5 Å². The molecule has 1 saturated heterocycles. The summed E-state index contributed by atoms with van der Waals surface area (Å²) in [6.07, 6.45) is -0.00291. The Bertz CT molecular complexity index is 1050. The van der Waals surface area contributed by atoms with E-state index >= 15 is 0 Å². The molecule has 1 fully saturated rings. The molecule has 0 radical (unpaired) electrons. The summed E-state index contributed by atoms with van der Waals surface area (Å²) in [7, 11) is 3.04. The fourth-order valence-corrected chi connectivity index (χ4v) is 3.81. The lowest BCUT2D eigenvalue weighted by Gasteiger charge is -2.20. The molecule has 0 aromatic heterocycles. The second-order valence-corrected chi connectivity index (χ2v) is 7.55. The molecule has 1 amide bonds. The molecule has 162 valence electrons. The van der Waals surface area contributed by atoms with Gasteiger partial charge in [-0.2, -0.15) is 5.26 Å². The van der Waals surface area contributed by atoms with Crippen LogP contribution in [0.2, 0.25) is 0 Å². The van der Waals surface area contributed by atoms with Crippen LogP contribution >= 0.6 is 15.9 Å². The van der Waals surface area contributed by atoms with E-state index in [1.807, 2.05) is 6.07 Å². The maximum absolute atomic E-state index is 12.9. The molecule has 1 heterocycles. The van der Waals surface area contributed by atoms with Crippen molar-refractivity contribution in [1.29, 1.82) is 5.26 Å². The van der Waals surface area contributed by atoms with E-state index in [1.54, 1.807) is 31.2 Å². The topological polar surface area (TPSA) is 98.1 Å². The molecule has 1 aliphatic rings. The van der Waals surface area contributed by atoms with Crippen molar-refractivity contribution >= 4 is 33.5 Å². The standard InChI is InChI=1S/C22H21BrN2O6/c1-4-30-19-8-13(11-24)7-16(23)21(19)31-22(27)14-9-20(26)25(12-14)17-10-15(28-2)5-6-18(17)29-3/h5-8,10,14H,4,9,12H2,1-3H3. The minimum Gasteiger partial charge on any atom is -0.497 e. The van der Waals surface area contributed by atoms with Crippen molar-refractivity contribution in [3.63, 3.8) is 0 Å². The predicted molar refractivity (Wildman–Crippen MR) is 116 cm³/mol. The van der Waals surface area contributed by atoms with Gasteiger partial charge in [0.15, 0.2) is 11.5 Å². The summed E-state index contributed by atoms with van der Waals surface area (Å²) in [5, 5.41) is 9.15. The van der Waals surface area contributed by atoms with E-state index in [2.05, 4.69) is 15.9 Å². The van der Waals surface area contributed by atoms with Gasteiger partial charge in [0.25, 0.3) is 0 Å². The number of halogens is 1. The highest BCUT2D eigenvalue weighted by molar-refractivity contribution is 9.10. The Labute approximate surface area is 188 Å². The highest BCUT2D eigenvalue weighted by Gasteiger charge is 2.38. The van der Waals surface area contributed by atoms with Crippen molar-refractivity contribution in [3.8, 4) is 29.1 Å². The monoisotopic (exact) mass is 488 g/mol. The van der Waals surface area contributed by atoms with E-state index in [4.69, 9.17) is 24.2 Å². The number of nitrogens with zero attached hydrogens (tertiary/aromatic N) is 2. The summed E-state index contributed by atoms with van der Waals surface area (Å²) in [5.74, 6) is 0.0455. The van der Waals surface area contributed by atoms with E-state index in [0.717, 1.165) is 0 Å². The summed E-state index contributed by atoms with van der Waals surface area (Å²) < 4.78 is 22.1. The van der Waals surface area contributed by atoms with Gasteiger partial charge in [-0.15, -0.1) is 0 Å². The number of anilines is 1. The highest BCUT2D eigenvalue weighted by Crippen LogP contribution is 2.39. The number of nitriles is 1. The molecule has 0 spiro atoms. The van der Waals surface area contributed by atoms with Gasteiger partial charge < -0.3 is 23.8 Å². The summed E-state index contributed by atoms with van der Waals surface area (Å²) >= 11 is 3.32. The van der Waals surface area contributed by atoms with E-state index in [0.29, 0.717) is 33.8 Å². The Balaban J connectivity index is 1.83. The first-order chi connectivity index (χ1) is 14.9. The van der Waals surface area contributed by atoms with Crippen molar-refractivity contribution in [2.24, 2.45) is 5.92 Å². The third-order valence-electron chi connectivity index (χ3n) is 4.78. The normalized spacial score (nSPS) is 15.4. The smallest absolute Gasteiger partial charge is 0.316 e. The van der Waals surface area contributed by atoms with Crippen LogP contribution in [0.3, 0.4) is 0 Å². The second-order valence-electron chi connectivity index (χ2n) is 6.69. The quantitative estimate of drug-likeness (QED) is 0.432. The summed E-state index contributed by atoms with van der Waals surface area (Å²) in [6.45, 7) is 2.25. The zero-order chi connectivity index (χ0) is 22.5. The number of methoxy groups -OCH3 is 2. The summed E-state index contributed by atoms with van der Waals surface area (Å²) in [4.78, 5) is 27.1. The Morgan fingerprint density at radius 2 is 2.00 bits per heavy atom. The lowest BCUT2D eigenvalue weighted by molar-refractivity contribution is -0.139. The average molecular weight is 489 g/mol. The minimum absolute atomic E-state index is 0.00291. The van der Waals surface area contributed by atoms with Crippen LogP contribution in [0, 0.1) is 17.2 Å². The summed E-state index contributed by atoms with van der Waals surface area (Å²) in [5.41, 5.74) is 0.888. The van der Waals surface area contributed by atoms with E-state index in [-0.39, 0.29) is 30.4 Å². The van der Waals surface area contributed by atoms with Gasteiger partial charge in [-0.25, -0.2) is 0 Å². The van der Waals surface area contributed by atoms with Gasteiger partial charge in [0, 0.05) is 25.1 Å². The Kier molecular flexibility index (Phi) is 7.02. The van der Waals surface area contributed by atoms with Crippen LogP contribution in [0.1, 0.15) is 18.9 Å². The van der Waals surface area contributed by atoms with Gasteiger partial charge in [-0.05, 0) is 41.1 Å². The fraction of sp³-hybridized carbons (Fsp3) is 0.318. The lowest BCUT2D eigenvalue weighted by atomic mass is 10.1. The number of amides is 1. The largest absolute Gasteiger partial charge is 0.497 e. The molecule has 8 nitrogen and oxygen atoms in total. The molecule has 0 N–H and O–H groups in total. The predicted octanol–water partition coefficient (Wildman–Crippen LogP) is 3.70. The van der Waals surface area contributed by atoms with Crippen molar-refractivity contribution in [2.75, 3.05) is 32.3 Å². The molecule has 2 aromatic carbocycles. The van der Waals surface area contributed by atoms with Crippen LogP contribution < -0.4 is 23.8 Å². The number of ether oxygens (including phenoxy) is 4. The van der Waals surface area contributed by atoms with E-state index in [1.165, 1.54) is 25.2 Å². The number of hydrogen-bond donors (Lipinski definition) is 0. The zero-order valence-electron chi connectivity index (χ0n) is 17.3. The van der Waals surface area contributed by atoms with E-state index in [9.17, 15) is 9.59 Å². The number of carbonyl (C=O) groups is 2. The molecule has 1 unspecified atom stereocenters. The van der Waals surface area contributed by atoms with Crippen LogP contribution in [0.15, 0.2) is 34.8 Å². The van der Waals surface area contributed by atoms with Crippen molar-refractivity contribution < 1.29 is 28.5 Å². The van der Waals surface area contributed by atoms with Gasteiger partial charge in [0.1, 0.15) is 11.5 Å². The molecule has 2 aromatic rings. The van der Waals surface area contributed by atoms with Crippen LogP contribution in [-0.2, 0) is 9.59 Å². The van der Waals surface area contributed by atoms with Gasteiger partial charge in [-0.1, -0.05) is 0 Å².